The van der Waals surface area contributed by atoms with Gasteiger partial charge in [-0.15, -0.1) is 11.8 Å². The molecule has 0 aliphatic rings. The number of rotatable bonds is 6. The number of aliphatic hydroxyl groups excluding tert-OH is 1. The minimum absolute atomic E-state index is 0.0294. The second kappa shape index (κ2) is 6.34. The molecular weight excluding hydrogens is 260 g/mol. The van der Waals surface area contributed by atoms with E-state index in [0.29, 0.717) is 4.90 Å². The van der Waals surface area contributed by atoms with Gasteiger partial charge in [0.05, 0.1) is 15.9 Å². The van der Waals surface area contributed by atoms with Gasteiger partial charge < -0.3 is 15.9 Å². The van der Waals surface area contributed by atoms with Gasteiger partial charge in [0.25, 0.3) is 5.69 Å². The number of hydrogen-bond donors (Lipinski definition) is 3. The number of para-hydroxylation sites is 1. The summed E-state index contributed by atoms with van der Waals surface area (Å²) in [5, 5.41) is 28.8. The molecule has 0 spiro atoms. The first kappa shape index (κ1) is 14.4. The number of nitro groups is 1. The van der Waals surface area contributed by atoms with E-state index in [1.165, 1.54) is 18.2 Å². The van der Waals surface area contributed by atoms with Gasteiger partial charge in [-0.1, -0.05) is 12.1 Å². The molecule has 1 aromatic carbocycles. The fourth-order valence-corrected chi connectivity index (χ4v) is 2.20. The summed E-state index contributed by atoms with van der Waals surface area (Å²) in [5.41, 5.74) is 5.14. The molecule has 0 amide bonds. The highest BCUT2D eigenvalue weighted by atomic mass is 32.2. The quantitative estimate of drug-likeness (QED) is 0.390. The Balaban J connectivity index is 2.69. The molecule has 4 N–H and O–H groups in total. The van der Waals surface area contributed by atoms with Crippen molar-refractivity contribution in [1.82, 2.24) is 0 Å². The van der Waals surface area contributed by atoms with Crippen LogP contribution < -0.4 is 5.73 Å². The minimum atomic E-state index is -1.40. The van der Waals surface area contributed by atoms with Gasteiger partial charge in [0.2, 0.25) is 0 Å². The van der Waals surface area contributed by atoms with Crippen molar-refractivity contribution in [3.8, 4) is 0 Å². The molecule has 0 radical (unpaired) electrons. The first-order chi connectivity index (χ1) is 8.43. The number of hydrogen-bond acceptors (Lipinski definition) is 6. The predicted molar refractivity (Wildman–Crippen MR) is 65.4 cm³/mol. The summed E-state index contributed by atoms with van der Waals surface area (Å²) < 4.78 is 0. The Bertz CT molecular complexity index is 454. The van der Waals surface area contributed by atoms with E-state index in [2.05, 4.69) is 0 Å². The van der Waals surface area contributed by atoms with Gasteiger partial charge in [-0.3, -0.25) is 14.9 Å². The molecule has 1 rings (SSSR count). The van der Waals surface area contributed by atoms with E-state index in [9.17, 15) is 20.0 Å². The van der Waals surface area contributed by atoms with Crippen LogP contribution in [0.2, 0.25) is 0 Å². The summed E-state index contributed by atoms with van der Waals surface area (Å²) in [5.74, 6) is -1.34. The van der Waals surface area contributed by atoms with Crippen molar-refractivity contribution in [3.05, 3.63) is 34.4 Å². The van der Waals surface area contributed by atoms with Crippen LogP contribution in [0.25, 0.3) is 0 Å². The van der Waals surface area contributed by atoms with E-state index < -0.39 is 23.0 Å². The number of aliphatic hydroxyl groups is 1. The first-order valence-corrected chi connectivity index (χ1v) is 5.94. The van der Waals surface area contributed by atoms with Crippen LogP contribution in [0.15, 0.2) is 29.2 Å². The van der Waals surface area contributed by atoms with Crippen LogP contribution in [0, 0.1) is 10.1 Å². The normalized spacial score (nSPS) is 13.9. The Kier molecular flexibility index (Phi) is 5.08. The van der Waals surface area contributed by atoms with E-state index in [1.54, 1.807) is 6.07 Å². The summed E-state index contributed by atoms with van der Waals surface area (Å²) in [6.07, 6.45) is -1.27. The van der Waals surface area contributed by atoms with E-state index in [0.717, 1.165) is 11.8 Å². The zero-order valence-corrected chi connectivity index (χ0v) is 10.0. The molecule has 8 heteroatoms. The third-order valence-corrected chi connectivity index (χ3v) is 3.34. The molecule has 1 aromatic rings. The second-order valence-corrected chi connectivity index (χ2v) is 4.53. The molecule has 0 aromatic heterocycles. The van der Waals surface area contributed by atoms with Gasteiger partial charge in [0.15, 0.2) is 0 Å². The van der Waals surface area contributed by atoms with Crippen molar-refractivity contribution < 1.29 is 19.9 Å². The molecule has 7 nitrogen and oxygen atoms in total. The highest BCUT2D eigenvalue weighted by molar-refractivity contribution is 7.99. The van der Waals surface area contributed by atoms with Gasteiger partial charge >= 0.3 is 5.97 Å². The lowest BCUT2D eigenvalue weighted by Gasteiger charge is -2.14. The maximum Gasteiger partial charge on any atom is 0.323 e. The number of aliphatic carboxylic acids is 1. The number of nitrogens with zero attached hydrogens (tertiary/aromatic N) is 1. The second-order valence-electron chi connectivity index (χ2n) is 3.47. The average Bonchev–Trinajstić information content (AvgIpc) is 2.35. The van der Waals surface area contributed by atoms with Crippen molar-refractivity contribution in [2.24, 2.45) is 5.73 Å². The summed E-state index contributed by atoms with van der Waals surface area (Å²) in [7, 11) is 0. The van der Waals surface area contributed by atoms with Crippen molar-refractivity contribution >= 4 is 23.4 Å². The van der Waals surface area contributed by atoms with Gasteiger partial charge in [-0.05, 0) is 6.07 Å². The average molecular weight is 272 g/mol. The lowest BCUT2D eigenvalue weighted by Crippen LogP contribution is -2.43. The fourth-order valence-electron chi connectivity index (χ4n) is 1.17. The van der Waals surface area contributed by atoms with Gasteiger partial charge in [0.1, 0.15) is 6.04 Å². The number of thioether (sulfide) groups is 1. The minimum Gasteiger partial charge on any atom is -0.480 e. The highest BCUT2D eigenvalue weighted by Crippen LogP contribution is 2.29. The van der Waals surface area contributed by atoms with E-state index >= 15 is 0 Å². The van der Waals surface area contributed by atoms with E-state index in [1.807, 2.05) is 0 Å². The third-order valence-electron chi connectivity index (χ3n) is 2.17. The van der Waals surface area contributed by atoms with Crippen LogP contribution in [0.3, 0.4) is 0 Å². The van der Waals surface area contributed by atoms with Crippen molar-refractivity contribution in [2.45, 2.75) is 17.0 Å². The van der Waals surface area contributed by atoms with Crippen LogP contribution >= 0.6 is 11.8 Å². The molecule has 0 saturated carbocycles. The highest BCUT2D eigenvalue weighted by Gasteiger charge is 2.23. The summed E-state index contributed by atoms with van der Waals surface area (Å²) in [4.78, 5) is 21.1. The van der Waals surface area contributed by atoms with Gasteiger partial charge in [0, 0.05) is 11.8 Å². The number of nitro benzene ring substituents is 1. The zero-order chi connectivity index (χ0) is 13.7. The van der Waals surface area contributed by atoms with E-state index in [-0.39, 0.29) is 11.4 Å². The van der Waals surface area contributed by atoms with Gasteiger partial charge in [-0.25, -0.2) is 0 Å². The molecule has 0 fully saturated rings. The number of benzene rings is 1. The number of carboxylic acid groups (broad SMARTS) is 1. The molecule has 0 aliphatic heterocycles. The molecular formula is C10H12N2O5S. The van der Waals surface area contributed by atoms with Crippen molar-refractivity contribution in [1.29, 1.82) is 0 Å². The van der Waals surface area contributed by atoms with Crippen molar-refractivity contribution in [2.75, 3.05) is 5.75 Å². The SMILES string of the molecule is N[C@H](C(=O)O)[C@H](O)CSc1ccccc1[N+](=O)[O-]. The maximum absolute atomic E-state index is 10.7. The topological polar surface area (TPSA) is 127 Å². The maximum atomic E-state index is 10.7. The van der Waals surface area contributed by atoms with E-state index in [4.69, 9.17) is 10.8 Å². The Morgan fingerprint density at radius 2 is 2.11 bits per heavy atom. The Morgan fingerprint density at radius 3 is 2.67 bits per heavy atom. The lowest BCUT2D eigenvalue weighted by molar-refractivity contribution is -0.387. The Hall–Kier alpha value is -1.64. The standard InChI is InChI=1S/C10H12N2O5S/c11-9(10(14)15)7(13)5-18-8-4-2-1-3-6(8)12(16)17/h1-4,7,9,13H,5,11H2,(H,14,15)/t7-,9+/m1/s1. The smallest absolute Gasteiger partial charge is 0.323 e. The molecule has 0 saturated heterocycles. The number of nitrogens with two attached hydrogens (primary N) is 1. The Labute approximate surface area is 107 Å². The van der Waals surface area contributed by atoms with Crippen molar-refractivity contribution in [3.63, 3.8) is 0 Å². The molecule has 0 aliphatic carbocycles. The van der Waals surface area contributed by atoms with Crippen LogP contribution in [0.1, 0.15) is 0 Å². The Morgan fingerprint density at radius 1 is 1.50 bits per heavy atom. The van der Waals surface area contributed by atoms with Crippen LogP contribution in [0.4, 0.5) is 5.69 Å². The molecule has 0 heterocycles. The fraction of sp³-hybridized carbons (Fsp3) is 0.300. The number of carboxylic acids is 1. The third kappa shape index (κ3) is 3.69. The molecule has 98 valence electrons. The monoisotopic (exact) mass is 272 g/mol. The number of carbonyl (C=O) groups is 1. The summed E-state index contributed by atoms with van der Waals surface area (Å²) >= 11 is 0.994. The van der Waals surface area contributed by atoms with Crippen LogP contribution in [0.5, 0.6) is 0 Å². The zero-order valence-electron chi connectivity index (χ0n) is 9.22. The molecule has 0 bridgehead atoms. The lowest BCUT2D eigenvalue weighted by atomic mass is 10.2. The summed E-state index contributed by atoms with van der Waals surface area (Å²) in [6, 6.07) is 4.62. The molecule has 2 atom stereocenters. The largest absolute Gasteiger partial charge is 0.480 e. The van der Waals surface area contributed by atoms with Crippen LogP contribution in [-0.4, -0.2) is 39.0 Å². The predicted octanol–water partition coefficient (Wildman–Crippen LogP) is 0.460. The first-order valence-electron chi connectivity index (χ1n) is 4.96. The molecule has 0 unspecified atom stereocenters. The van der Waals surface area contributed by atoms with Crippen LogP contribution in [-0.2, 0) is 4.79 Å². The summed E-state index contributed by atoms with van der Waals surface area (Å²) in [6.45, 7) is 0. The van der Waals surface area contributed by atoms with Gasteiger partial charge in [-0.2, -0.15) is 0 Å². The molecule has 18 heavy (non-hydrogen) atoms.